The SMILES string of the molecule is CN(CCc1ccccc1)C(=O)c1nc2sccn2c1CNC[C@@H]1COCCO1. The van der Waals surface area contributed by atoms with E-state index in [4.69, 9.17) is 9.47 Å². The Hall–Kier alpha value is -2.26. The van der Waals surface area contributed by atoms with Gasteiger partial charge in [0.25, 0.3) is 5.91 Å². The number of hydrogen-bond acceptors (Lipinski definition) is 6. The first-order valence-electron chi connectivity index (χ1n) is 9.86. The molecule has 1 aromatic carbocycles. The van der Waals surface area contributed by atoms with Gasteiger partial charge >= 0.3 is 0 Å². The summed E-state index contributed by atoms with van der Waals surface area (Å²) >= 11 is 1.53. The minimum atomic E-state index is -0.0501. The van der Waals surface area contributed by atoms with Crippen molar-refractivity contribution >= 4 is 22.2 Å². The van der Waals surface area contributed by atoms with Crippen molar-refractivity contribution in [3.05, 3.63) is 58.9 Å². The maximum absolute atomic E-state index is 13.1. The van der Waals surface area contributed by atoms with Gasteiger partial charge in [-0.05, 0) is 12.0 Å². The first-order chi connectivity index (χ1) is 14.2. The maximum Gasteiger partial charge on any atom is 0.274 e. The van der Waals surface area contributed by atoms with E-state index in [0.29, 0.717) is 45.1 Å². The topological polar surface area (TPSA) is 68.1 Å². The maximum atomic E-state index is 13.1. The molecule has 0 saturated carbocycles. The third kappa shape index (κ3) is 4.84. The molecule has 1 atom stereocenters. The Balaban J connectivity index is 1.42. The zero-order valence-electron chi connectivity index (χ0n) is 16.5. The molecule has 0 unspecified atom stereocenters. The van der Waals surface area contributed by atoms with Crippen LogP contribution in [-0.2, 0) is 22.4 Å². The fourth-order valence-electron chi connectivity index (χ4n) is 3.40. The monoisotopic (exact) mass is 414 g/mol. The molecule has 7 nitrogen and oxygen atoms in total. The fourth-order valence-corrected chi connectivity index (χ4v) is 4.14. The number of nitrogens with one attached hydrogen (secondary N) is 1. The van der Waals surface area contributed by atoms with E-state index in [1.807, 2.05) is 41.2 Å². The van der Waals surface area contributed by atoms with Crippen LogP contribution in [0, 0.1) is 0 Å². The summed E-state index contributed by atoms with van der Waals surface area (Å²) < 4.78 is 13.1. The number of ether oxygens (including phenoxy) is 2. The normalized spacial score (nSPS) is 16.9. The van der Waals surface area contributed by atoms with Crippen LogP contribution in [0.2, 0.25) is 0 Å². The molecule has 1 amide bonds. The predicted molar refractivity (Wildman–Crippen MR) is 112 cm³/mol. The second-order valence-electron chi connectivity index (χ2n) is 7.12. The summed E-state index contributed by atoms with van der Waals surface area (Å²) in [5.41, 5.74) is 2.62. The summed E-state index contributed by atoms with van der Waals surface area (Å²) in [5, 5.41) is 5.38. The van der Waals surface area contributed by atoms with Crippen molar-refractivity contribution in [2.24, 2.45) is 0 Å². The molecule has 1 fully saturated rings. The van der Waals surface area contributed by atoms with Crippen LogP contribution in [0.3, 0.4) is 0 Å². The van der Waals surface area contributed by atoms with E-state index in [1.165, 1.54) is 16.9 Å². The average Bonchev–Trinajstić information content (AvgIpc) is 3.35. The van der Waals surface area contributed by atoms with E-state index in [0.717, 1.165) is 17.1 Å². The molecule has 1 N–H and O–H groups in total. The molecule has 1 aliphatic heterocycles. The molecule has 1 aliphatic rings. The number of benzene rings is 1. The number of fused-ring (bicyclic) bond motifs is 1. The number of rotatable bonds is 8. The van der Waals surface area contributed by atoms with Crippen LogP contribution in [-0.4, -0.2) is 66.3 Å². The Kier molecular flexibility index (Phi) is 6.56. The van der Waals surface area contributed by atoms with Crippen LogP contribution in [0.15, 0.2) is 41.9 Å². The molecule has 4 rings (SSSR count). The van der Waals surface area contributed by atoms with Gasteiger partial charge in [-0.15, -0.1) is 11.3 Å². The van der Waals surface area contributed by atoms with Gasteiger partial charge in [-0.2, -0.15) is 0 Å². The molecule has 0 bridgehead atoms. The summed E-state index contributed by atoms with van der Waals surface area (Å²) in [7, 11) is 1.84. The Morgan fingerprint density at radius 1 is 1.34 bits per heavy atom. The highest BCUT2D eigenvalue weighted by molar-refractivity contribution is 7.15. The van der Waals surface area contributed by atoms with Gasteiger partial charge in [0.15, 0.2) is 10.7 Å². The standard InChI is InChI=1S/C21H26N4O3S/c1-24(8-7-16-5-3-2-4-6-16)20(26)19-18(25-9-12-29-21(25)23-19)14-22-13-17-15-27-10-11-28-17/h2-6,9,12,17,22H,7-8,10-11,13-15H2,1H3/t17-/m1/s1. The van der Waals surface area contributed by atoms with Gasteiger partial charge in [-0.1, -0.05) is 30.3 Å². The average molecular weight is 415 g/mol. The second kappa shape index (κ2) is 9.49. The zero-order valence-corrected chi connectivity index (χ0v) is 17.4. The van der Waals surface area contributed by atoms with Gasteiger partial charge in [-0.3, -0.25) is 9.20 Å². The molecule has 1 saturated heterocycles. The van der Waals surface area contributed by atoms with E-state index >= 15 is 0 Å². The first-order valence-corrected chi connectivity index (χ1v) is 10.7. The van der Waals surface area contributed by atoms with Crippen LogP contribution < -0.4 is 5.32 Å². The Labute approximate surface area is 174 Å². The van der Waals surface area contributed by atoms with Crippen LogP contribution in [0.5, 0.6) is 0 Å². The summed E-state index contributed by atoms with van der Waals surface area (Å²) in [6.45, 7) is 3.75. The summed E-state index contributed by atoms with van der Waals surface area (Å²) in [5.74, 6) is -0.0501. The third-order valence-electron chi connectivity index (χ3n) is 5.04. The van der Waals surface area contributed by atoms with Crippen LogP contribution >= 0.6 is 11.3 Å². The van der Waals surface area contributed by atoms with E-state index in [2.05, 4.69) is 22.4 Å². The minimum Gasteiger partial charge on any atom is -0.376 e. The van der Waals surface area contributed by atoms with Crippen molar-refractivity contribution in [3.8, 4) is 0 Å². The van der Waals surface area contributed by atoms with Crippen LogP contribution in [0.25, 0.3) is 4.96 Å². The number of aromatic nitrogens is 2. The van der Waals surface area contributed by atoms with E-state index in [-0.39, 0.29) is 12.0 Å². The molecule has 3 heterocycles. The van der Waals surface area contributed by atoms with E-state index in [1.54, 1.807) is 4.90 Å². The third-order valence-corrected chi connectivity index (χ3v) is 5.80. The first kappa shape index (κ1) is 20.0. The lowest BCUT2D eigenvalue weighted by Crippen LogP contribution is -2.37. The second-order valence-corrected chi connectivity index (χ2v) is 8.00. The highest BCUT2D eigenvalue weighted by Crippen LogP contribution is 2.19. The number of carbonyl (C=O) groups excluding carboxylic acids is 1. The summed E-state index contributed by atoms with van der Waals surface area (Å²) in [6.07, 6.45) is 2.82. The summed E-state index contributed by atoms with van der Waals surface area (Å²) in [6, 6.07) is 10.2. The van der Waals surface area contributed by atoms with Crippen molar-refractivity contribution in [2.75, 3.05) is 40.0 Å². The summed E-state index contributed by atoms with van der Waals surface area (Å²) in [4.78, 5) is 20.3. The molecular formula is C21H26N4O3S. The van der Waals surface area contributed by atoms with Crippen molar-refractivity contribution in [1.82, 2.24) is 19.6 Å². The van der Waals surface area contributed by atoms with Gasteiger partial charge in [0.2, 0.25) is 0 Å². The Morgan fingerprint density at radius 3 is 3.00 bits per heavy atom. The molecule has 2 aromatic heterocycles. The van der Waals surface area contributed by atoms with Crippen molar-refractivity contribution < 1.29 is 14.3 Å². The Bertz CT molecular complexity index is 934. The lowest BCUT2D eigenvalue weighted by Gasteiger charge is -2.23. The lowest BCUT2D eigenvalue weighted by atomic mass is 10.1. The van der Waals surface area contributed by atoms with Crippen LogP contribution in [0.4, 0.5) is 0 Å². The van der Waals surface area contributed by atoms with Crippen LogP contribution in [0.1, 0.15) is 21.7 Å². The molecule has 8 heteroatoms. The number of amides is 1. The van der Waals surface area contributed by atoms with E-state index in [9.17, 15) is 4.79 Å². The fraction of sp³-hybridized carbons (Fsp3) is 0.429. The minimum absolute atomic E-state index is 0.0438. The zero-order chi connectivity index (χ0) is 20.1. The lowest BCUT2D eigenvalue weighted by molar-refractivity contribution is -0.0864. The van der Waals surface area contributed by atoms with Gasteiger partial charge in [0.05, 0.1) is 31.6 Å². The number of carbonyl (C=O) groups is 1. The number of hydrogen-bond donors (Lipinski definition) is 1. The van der Waals surface area contributed by atoms with E-state index < -0.39 is 0 Å². The molecule has 154 valence electrons. The van der Waals surface area contributed by atoms with Crippen molar-refractivity contribution in [3.63, 3.8) is 0 Å². The van der Waals surface area contributed by atoms with Gasteiger partial charge < -0.3 is 19.7 Å². The van der Waals surface area contributed by atoms with Crippen molar-refractivity contribution in [1.29, 1.82) is 0 Å². The predicted octanol–water partition coefficient (Wildman–Crippen LogP) is 2.22. The Morgan fingerprint density at radius 2 is 2.21 bits per heavy atom. The molecule has 0 radical (unpaired) electrons. The number of thiazole rings is 1. The molecule has 3 aromatic rings. The molecule has 0 spiro atoms. The largest absolute Gasteiger partial charge is 0.376 e. The molecular weight excluding hydrogens is 388 g/mol. The number of likely N-dealkylation sites (N-methyl/N-ethyl adjacent to an activating group) is 1. The molecule has 0 aliphatic carbocycles. The highest BCUT2D eigenvalue weighted by Gasteiger charge is 2.23. The smallest absolute Gasteiger partial charge is 0.274 e. The number of nitrogens with zero attached hydrogens (tertiary/aromatic N) is 3. The quantitative estimate of drug-likeness (QED) is 0.612. The number of imidazole rings is 1. The molecule has 29 heavy (non-hydrogen) atoms. The van der Waals surface area contributed by atoms with Gasteiger partial charge in [0.1, 0.15) is 0 Å². The highest BCUT2D eigenvalue weighted by atomic mass is 32.1. The van der Waals surface area contributed by atoms with Gasteiger partial charge in [-0.25, -0.2) is 4.98 Å². The van der Waals surface area contributed by atoms with Gasteiger partial charge in [0, 0.05) is 38.3 Å². The van der Waals surface area contributed by atoms with Crippen molar-refractivity contribution in [2.45, 2.75) is 19.1 Å².